The lowest BCUT2D eigenvalue weighted by Crippen LogP contribution is -2.56. The van der Waals surface area contributed by atoms with E-state index in [0.29, 0.717) is 17.2 Å². The van der Waals surface area contributed by atoms with Gasteiger partial charge in [0.2, 0.25) is 0 Å². The van der Waals surface area contributed by atoms with Crippen LogP contribution in [0.2, 0.25) is 0 Å². The molecule has 152 valence electrons. The Bertz CT molecular complexity index is 1060. The van der Waals surface area contributed by atoms with Gasteiger partial charge < -0.3 is 9.73 Å². The lowest BCUT2D eigenvalue weighted by atomic mass is 9.94. The van der Waals surface area contributed by atoms with E-state index >= 15 is 0 Å². The minimum Gasteiger partial charge on any atom is -0.467 e. The molecule has 2 heterocycles. The van der Waals surface area contributed by atoms with E-state index in [1.54, 1.807) is 48.6 Å². The first kappa shape index (κ1) is 19.6. The number of nitrogens with one attached hydrogen (secondary N) is 1. The first-order valence-corrected chi connectivity index (χ1v) is 9.83. The second-order valence-corrected chi connectivity index (χ2v) is 7.07. The maximum absolute atomic E-state index is 13.3. The van der Waals surface area contributed by atoms with Gasteiger partial charge in [0.1, 0.15) is 23.1 Å². The summed E-state index contributed by atoms with van der Waals surface area (Å²) in [5.74, 6) is -0.666. The molecule has 1 atom stereocenters. The second-order valence-electron chi connectivity index (χ2n) is 7.07. The third kappa shape index (κ3) is 3.74. The van der Waals surface area contributed by atoms with Gasteiger partial charge in [-0.15, -0.1) is 4.90 Å². The molecule has 0 saturated carbocycles. The van der Waals surface area contributed by atoms with E-state index in [4.69, 9.17) is 4.42 Å². The van der Waals surface area contributed by atoms with Crippen LogP contribution in [-0.4, -0.2) is 34.7 Å². The number of rotatable bonds is 6. The van der Waals surface area contributed by atoms with Crippen LogP contribution in [0.5, 0.6) is 0 Å². The van der Waals surface area contributed by atoms with E-state index in [1.165, 1.54) is 10.8 Å². The van der Waals surface area contributed by atoms with Crippen LogP contribution < -0.4 is 10.2 Å². The largest absolute Gasteiger partial charge is 0.506 e. The Morgan fingerprint density at radius 2 is 1.97 bits per heavy atom. The fourth-order valence-corrected chi connectivity index (χ4v) is 3.54. The van der Waals surface area contributed by atoms with Gasteiger partial charge in [0.25, 0.3) is 5.91 Å². The summed E-state index contributed by atoms with van der Waals surface area (Å²) in [5, 5.41) is 2.74. The molecule has 1 aliphatic heterocycles. The van der Waals surface area contributed by atoms with E-state index in [0.717, 1.165) is 16.9 Å². The number of fused-ring (bicyclic) bond motifs is 1. The van der Waals surface area contributed by atoms with Crippen LogP contribution in [-0.2, 0) is 22.6 Å². The van der Waals surface area contributed by atoms with Gasteiger partial charge in [0, 0.05) is 0 Å². The molecular formula is C23H22N3O4+. The number of hydrogen-bond acceptors (Lipinski definition) is 4. The number of imide groups is 1. The number of aryl methyl sites for hydroxylation is 1. The highest BCUT2D eigenvalue weighted by Crippen LogP contribution is 2.25. The van der Waals surface area contributed by atoms with Gasteiger partial charge in [0.15, 0.2) is 6.54 Å². The highest BCUT2D eigenvalue weighted by molar-refractivity contribution is 6.26. The molecule has 30 heavy (non-hydrogen) atoms. The quantitative estimate of drug-likeness (QED) is 0.751. The molecule has 0 spiro atoms. The molecule has 1 unspecified atom stereocenters. The van der Waals surface area contributed by atoms with Crippen molar-refractivity contribution in [1.29, 1.82) is 0 Å². The molecule has 0 fully saturated rings. The average molecular weight is 404 g/mol. The van der Waals surface area contributed by atoms with Crippen molar-refractivity contribution in [3.8, 4) is 0 Å². The molecule has 7 heteroatoms. The van der Waals surface area contributed by atoms with Crippen molar-refractivity contribution in [2.45, 2.75) is 19.9 Å². The van der Waals surface area contributed by atoms with Crippen molar-refractivity contribution < 1.29 is 23.4 Å². The van der Waals surface area contributed by atoms with Gasteiger partial charge in [-0.3, -0.25) is 4.79 Å². The predicted octanol–water partition coefficient (Wildman–Crippen LogP) is 2.82. The minimum absolute atomic E-state index is 0.194. The third-order valence-electron chi connectivity index (χ3n) is 5.17. The molecule has 1 aliphatic carbocycles. The number of urea groups is 1. The van der Waals surface area contributed by atoms with Crippen LogP contribution in [0.1, 0.15) is 18.2 Å². The molecular weight excluding hydrogens is 382 g/mol. The van der Waals surface area contributed by atoms with E-state index < -0.39 is 11.9 Å². The number of benzene rings is 1. The Morgan fingerprint density at radius 3 is 2.67 bits per heavy atom. The Hall–Kier alpha value is -3.74. The summed E-state index contributed by atoms with van der Waals surface area (Å²) < 4.78 is 6.57. The molecule has 0 saturated heterocycles. The highest BCUT2D eigenvalue weighted by Gasteiger charge is 2.48. The number of carbonyl (C=O) groups is 3. The van der Waals surface area contributed by atoms with Crippen LogP contribution in [0.4, 0.5) is 10.5 Å². The summed E-state index contributed by atoms with van der Waals surface area (Å²) in [6.07, 6.45) is 9.37. The summed E-state index contributed by atoms with van der Waals surface area (Å²) in [5.41, 5.74) is 2.10. The highest BCUT2D eigenvalue weighted by atomic mass is 16.3. The van der Waals surface area contributed by atoms with Gasteiger partial charge in [-0.25, -0.2) is 4.79 Å². The van der Waals surface area contributed by atoms with Gasteiger partial charge >= 0.3 is 11.9 Å². The normalized spacial score (nSPS) is 18.0. The van der Waals surface area contributed by atoms with Crippen LogP contribution in [0.25, 0.3) is 0 Å². The molecule has 4 amide bonds. The monoisotopic (exact) mass is 404 g/mol. The molecule has 0 radical (unpaired) electrons. The number of anilines is 1. The molecule has 1 aromatic carbocycles. The number of amides is 4. The van der Waals surface area contributed by atoms with E-state index in [9.17, 15) is 14.4 Å². The van der Waals surface area contributed by atoms with Crippen molar-refractivity contribution in [3.05, 3.63) is 78.3 Å². The lowest BCUT2D eigenvalue weighted by molar-refractivity contribution is -0.417. The van der Waals surface area contributed by atoms with Gasteiger partial charge in [-0.05, 0) is 42.3 Å². The van der Waals surface area contributed by atoms with Crippen molar-refractivity contribution in [2.24, 2.45) is 5.92 Å². The third-order valence-corrected chi connectivity index (χ3v) is 5.17. The number of furan rings is 1. The van der Waals surface area contributed by atoms with Gasteiger partial charge in [-0.1, -0.05) is 37.3 Å². The van der Waals surface area contributed by atoms with Crippen LogP contribution in [0.15, 0.2) is 71.4 Å². The lowest BCUT2D eigenvalue weighted by Gasteiger charge is -2.26. The summed E-state index contributed by atoms with van der Waals surface area (Å²) >= 11 is 0. The number of hydrogen-bond donors (Lipinski definition) is 1. The topological polar surface area (TPSA) is 82.6 Å². The number of nitrogens with zero attached hydrogens (tertiary/aromatic N) is 2. The summed E-state index contributed by atoms with van der Waals surface area (Å²) in [6.45, 7) is 2.07. The Labute approximate surface area is 174 Å². The first-order chi connectivity index (χ1) is 14.6. The second kappa shape index (κ2) is 8.32. The van der Waals surface area contributed by atoms with Gasteiger partial charge in [-0.2, -0.15) is 9.37 Å². The Balaban J connectivity index is 1.62. The van der Waals surface area contributed by atoms with Crippen LogP contribution >= 0.6 is 0 Å². The smallest absolute Gasteiger partial charge is 0.467 e. The van der Waals surface area contributed by atoms with Crippen LogP contribution in [0.3, 0.4) is 0 Å². The average Bonchev–Trinajstić information content (AvgIpc) is 3.29. The molecule has 7 nitrogen and oxygen atoms in total. The van der Waals surface area contributed by atoms with Gasteiger partial charge in [0.05, 0.1) is 12.8 Å². The van der Waals surface area contributed by atoms with Crippen molar-refractivity contribution in [2.75, 3.05) is 11.4 Å². The molecule has 2 aromatic rings. The summed E-state index contributed by atoms with van der Waals surface area (Å²) in [4.78, 5) is 40.0. The molecule has 2 aliphatic rings. The Morgan fingerprint density at radius 1 is 1.17 bits per heavy atom. The predicted molar refractivity (Wildman–Crippen MR) is 111 cm³/mol. The van der Waals surface area contributed by atoms with E-state index in [-0.39, 0.29) is 24.9 Å². The van der Waals surface area contributed by atoms with Crippen molar-refractivity contribution in [3.63, 3.8) is 0 Å². The zero-order chi connectivity index (χ0) is 21.1. The molecule has 1 N–H and O–H groups in total. The SMILES string of the molecule is CCc1ccc(N2C(=O)C3C=CC=CC3=[N+](CC(=O)NCc3ccco3)C2=O)cc1. The minimum atomic E-state index is -0.614. The maximum Gasteiger partial charge on any atom is 0.506 e. The van der Waals surface area contributed by atoms with Crippen molar-refractivity contribution in [1.82, 2.24) is 5.32 Å². The molecule has 4 rings (SSSR count). The standard InChI is InChI=1S/C23H21N3O4/c1-2-16-9-11-17(12-10-16)26-22(28)19-7-3-4-8-20(19)25(23(26)29)15-21(27)24-14-18-6-5-13-30-18/h3-13,19H,2,14-15H2,1H3/p+1. The zero-order valence-corrected chi connectivity index (χ0v) is 16.6. The number of carbonyl (C=O) groups excluding carboxylic acids is 3. The molecule has 0 bridgehead atoms. The van der Waals surface area contributed by atoms with E-state index in [1.807, 2.05) is 19.1 Å². The van der Waals surface area contributed by atoms with Crippen molar-refractivity contribution >= 4 is 29.2 Å². The molecule has 1 aromatic heterocycles. The fourth-order valence-electron chi connectivity index (χ4n) is 3.54. The van der Waals surface area contributed by atoms with Crippen LogP contribution in [0, 0.1) is 5.92 Å². The first-order valence-electron chi connectivity index (χ1n) is 9.83. The summed E-state index contributed by atoms with van der Waals surface area (Å²) in [7, 11) is 0. The Kier molecular flexibility index (Phi) is 5.43. The maximum atomic E-state index is 13.3. The fraction of sp³-hybridized carbons (Fsp3) is 0.217. The number of allylic oxidation sites excluding steroid dienone is 3. The van der Waals surface area contributed by atoms with E-state index in [2.05, 4.69) is 5.32 Å². The summed E-state index contributed by atoms with van der Waals surface area (Å²) in [6, 6.07) is 10.3. The zero-order valence-electron chi connectivity index (χ0n) is 16.6.